The van der Waals surface area contributed by atoms with Crippen LogP contribution in [0.2, 0.25) is 0 Å². The van der Waals surface area contributed by atoms with Crippen molar-refractivity contribution in [3.8, 4) is 0 Å². The SMILES string of the molecule is CCNC(=NCC1(c2ccccc2F)CC1)NCCN1CCN(C(C)=O)CC1. The number of carbonyl (C=O) groups is 1. The molecule has 0 bridgehead atoms. The van der Waals surface area contributed by atoms with Crippen LogP contribution in [0.5, 0.6) is 0 Å². The van der Waals surface area contributed by atoms with Gasteiger partial charge in [0.2, 0.25) is 5.91 Å². The van der Waals surface area contributed by atoms with Crippen molar-refractivity contribution in [3.05, 3.63) is 35.6 Å². The zero-order chi connectivity index (χ0) is 20.0. The van der Waals surface area contributed by atoms with E-state index < -0.39 is 0 Å². The second kappa shape index (κ2) is 9.37. The van der Waals surface area contributed by atoms with Gasteiger partial charge in [-0.05, 0) is 31.4 Å². The van der Waals surface area contributed by atoms with Crippen molar-refractivity contribution in [1.82, 2.24) is 20.4 Å². The van der Waals surface area contributed by atoms with Crippen LogP contribution in [0.25, 0.3) is 0 Å². The van der Waals surface area contributed by atoms with Gasteiger partial charge in [-0.15, -0.1) is 0 Å². The minimum absolute atomic E-state index is 0.127. The molecule has 1 aromatic rings. The van der Waals surface area contributed by atoms with E-state index in [1.807, 2.05) is 24.0 Å². The fourth-order valence-electron chi connectivity index (χ4n) is 3.75. The number of piperazine rings is 1. The minimum atomic E-state index is -0.142. The third-order valence-electron chi connectivity index (χ3n) is 5.72. The Balaban J connectivity index is 1.49. The predicted octanol–water partition coefficient (Wildman–Crippen LogP) is 1.58. The van der Waals surface area contributed by atoms with Gasteiger partial charge in [-0.3, -0.25) is 14.7 Å². The highest BCUT2D eigenvalue weighted by Crippen LogP contribution is 2.49. The van der Waals surface area contributed by atoms with Gasteiger partial charge in [0, 0.05) is 58.2 Å². The highest BCUT2D eigenvalue weighted by atomic mass is 19.1. The Hall–Kier alpha value is -2.15. The number of benzene rings is 1. The number of rotatable bonds is 7. The summed E-state index contributed by atoms with van der Waals surface area (Å²) in [5.41, 5.74) is 0.648. The number of carbonyl (C=O) groups excluding carboxylic acids is 1. The molecule has 28 heavy (non-hydrogen) atoms. The third kappa shape index (κ3) is 5.22. The maximum Gasteiger partial charge on any atom is 0.219 e. The van der Waals surface area contributed by atoms with Crippen molar-refractivity contribution in [1.29, 1.82) is 0 Å². The van der Waals surface area contributed by atoms with Crippen LogP contribution in [-0.4, -0.2) is 74.0 Å². The number of amides is 1. The molecule has 1 aliphatic heterocycles. The average Bonchev–Trinajstić information content (AvgIpc) is 3.48. The summed E-state index contributed by atoms with van der Waals surface area (Å²) in [6.45, 7) is 10.2. The molecule has 1 amide bonds. The van der Waals surface area contributed by atoms with E-state index in [4.69, 9.17) is 4.99 Å². The number of hydrogen-bond acceptors (Lipinski definition) is 3. The van der Waals surface area contributed by atoms with Crippen molar-refractivity contribution in [2.24, 2.45) is 4.99 Å². The maximum absolute atomic E-state index is 14.2. The molecule has 7 heteroatoms. The quantitative estimate of drug-likeness (QED) is 0.549. The first kappa shape index (κ1) is 20.6. The first-order valence-electron chi connectivity index (χ1n) is 10.3. The van der Waals surface area contributed by atoms with Crippen LogP contribution < -0.4 is 10.6 Å². The number of halogens is 1. The summed E-state index contributed by atoms with van der Waals surface area (Å²) in [7, 11) is 0. The molecule has 2 N–H and O–H groups in total. The molecule has 3 rings (SSSR count). The number of aliphatic imine (C=N–C) groups is 1. The van der Waals surface area contributed by atoms with E-state index in [1.165, 1.54) is 6.07 Å². The fraction of sp³-hybridized carbons (Fsp3) is 0.619. The van der Waals surface area contributed by atoms with Crippen molar-refractivity contribution in [3.63, 3.8) is 0 Å². The molecule has 1 aromatic carbocycles. The summed E-state index contributed by atoms with van der Waals surface area (Å²) in [6.07, 6.45) is 1.97. The molecule has 0 radical (unpaired) electrons. The zero-order valence-electron chi connectivity index (χ0n) is 17.0. The molecule has 1 heterocycles. The van der Waals surface area contributed by atoms with Gasteiger partial charge in [0.25, 0.3) is 0 Å². The van der Waals surface area contributed by atoms with E-state index in [2.05, 4.69) is 15.5 Å². The van der Waals surface area contributed by atoms with E-state index in [0.29, 0.717) is 6.54 Å². The van der Waals surface area contributed by atoms with Crippen LogP contribution in [0.3, 0.4) is 0 Å². The second-order valence-corrected chi connectivity index (χ2v) is 7.73. The Kier molecular flexibility index (Phi) is 6.88. The molecule has 1 saturated heterocycles. The monoisotopic (exact) mass is 389 g/mol. The smallest absolute Gasteiger partial charge is 0.219 e. The highest BCUT2D eigenvalue weighted by Gasteiger charge is 2.45. The molecular weight excluding hydrogens is 357 g/mol. The molecule has 1 saturated carbocycles. The topological polar surface area (TPSA) is 60.0 Å². The summed E-state index contributed by atoms with van der Waals surface area (Å²) >= 11 is 0. The van der Waals surface area contributed by atoms with Gasteiger partial charge in [0.1, 0.15) is 5.82 Å². The lowest BCUT2D eigenvalue weighted by Crippen LogP contribution is -2.50. The maximum atomic E-state index is 14.2. The third-order valence-corrected chi connectivity index (χ3v) is 5.72. The molecule has 0 unspecified atom stereocenters. The van der Waals surface area contributed by atoms with Gasteiger partial charge in [0.15, 0.2) is 5.96 Å². The summed E-state index contributed by atoms with van der Waals surface area (Å²) in [6, 6.07) is 7.06. The number of nitrogens with one attached hydrogen (secondary N) is 2. The first-order valence-corrected chi connectivity index (χ1v) is 10.3. The first-order chi connectivity index (χ1) is 13.5. The summed E-state index contributed by atoms with van der Waals surface area (Å²) in [5, 5.41) is 6.67. The lowest BCUT2D eigenvalue weighted by molar-refractivity contribution is -0.130. The lowest BCUT2D eigenvalue weighted by atomic mass is 9.95. The fourth-order valence-corrected chi connectivity index (χ4v) is 3.75. The molecule has 0 aromatic heterocycles. The van der Waals surface area contributed by atoms with Crippen molar-refractivity contribution >= 4 is 11.9 Å². The molecule has 1 aliphatic carbocycles. The molecule has 0 spiro atoms. The molecule has 2 aliphatic rings. The van der Waals surface area contributed by atoms with Gasteiger partial charge in [-0.25, -0.2) is 4.39 Å². The lowest BCUT2D eigenvalue weighted by Gasteiger charge is -2.34. The highest BCUT2D eigenvalue weighted by molar-refractivity contribution is 5.79. The summed E-state index contributed by atoms with van der Waals surface area (Å²) in [5.74, 6) is 0.813. The van der Waals surface area contributed by atoms with Gasteiger partial charge >= 0.3 is 0 Å². The van der Waals surface area contributed by atoms with Crippen LogP contribution in [0.1, 0.15) is 32.3 Å². The van der Waals surface area contributed by atoms with E-state index in [-0.39, 0.29) is 17.1 Å². The zero-order valence-corrected chi connectivity index (χ0v) is 17.0. The Bertz CT molecular complexity index is 696. The number of hydrogen-bond donors (Lipinski definition) is 2. The van der Waals surface area contributed by atoms with Crippen molar-refractivity contribution in [2.75, 3.05) is 52.4 Å². The van der Waals surface area contributed by atoms with Crippen LogP contribution in [0.4, 0.5) is 4.39 Å². The Morgan fingerprint density at radius 3 is 2.50 bits per heavy atom. The Labute approximate surface area is 167 Å². The van der Waals surface area contributed by atoms with E-state index in [1.54, 1.807) is 13.0 Å². The van der Waals surface area contributed by atoms with Gasteiger partial charge in [-0.1, -0.05) is 18.2 Å². The molecule has 2 fully saturated rings. The normalized spacial score (nSPS) is 19.4. The van der Waals surface area contributed by atoms with E-state index >= 15 is 0 Å². The standard InChI is InChI=1S/C21H32FN5O/c1-3-23-20(24-10-11-26-12-14-27(15-13-26)17(2)28)25-16-21(8-9-21)18-6-4-5-7-19(18)22/h4-7H,3,8-16H2,1-2H3,(H2,23,24,25). The van der Waals surface area contributed by atoms with Crippen LogP contribution >= 0.6 is 0 Å². The average molecular weight is 390 g/mol. The molecule has 154 valence electrons. The van der Waals surface area contributed by atoms with Crippen LogP contribution in [-0.2, 0) is 10.2 Å². The Morgan fingerprint density at radius 1 is 1.18 bits per heavy atom. The molecular formula is C21H32FN5O. The van der Waals surface area contributed by atoms with E-state index in [9.17, 15) is 9.18 Å². The largest absolute Gasteiger partial charge is 0.357 e. The van der Waals surface area contributed by atoms with Crippen LogP contribution in [0.15, 0.2) is 29.3 Å². The Morgan fingerprint density at radius 2 is 1.89 bits per heavy atom. The molecule has 0 atom stereocenters. The molecule has 6 nitrogen and oxygen atoms in total. The summed E-state index contributed by atoms with van der Waals surface area (Å²) in [4.78, 5) is 20.4. The van der Waals surface area contributed by atoms with Crippen LogP contribution in [0, 0.1) is 5.82 Å². The van der Waals surface area contributed by atoms with E-state index in [0.717, 1.165) is 70.2 Å². The van der Waals surface area contributed by atoms with Gasteiger partial charge < -0.3 is 15.5 Å². The van der Waals surface area contributed by atoms with Gasteiger partial charge in [0.05, 0.1) is 6.54 Å². The predicted molar refractivity (Wildman–Crippen MR) is 110 cm³/mol. The number of nitrogens with zero attached hydrogens (tertiary/aromatic N) is 3. The van der Waals surface area contributed by atoms with Crippen molar-refractivity contribution < 1.29 is 9.18 Å². The van der Waals surface area contributed by atoms with Gasteiger partial charge in [-0.2, -0.15) is 0 Å². The minimum Gasteiger partial charge on any atom is -0.357 e. The number of guanidine groups is 1. The second-order valence-electron chi connectivity index (χ2n) is 7.73. The van der Waals surface area contributed by atoms with Crippen molar-refractivity contribution in [2.45, 2.75) is 32.1 Å². The summed E-state index contributed by atoms with van der Waals surface area (Å²) < 4.78 is 14.2.